The van der Waals surface area contributed by atoms with Crippen molar-refractivity contribution >= 4 is 29.7 Å². The van der Waals surface area contributed by atoms with Crippen LogP contribution in [0.15, 0.2) is 63.2 Å². The molecule has 4 rings (SSSR count). The van der Waals surface area contributed by atoms with Crippen LogP contribution >= 0.6 is 11.8 Å². The molecule has 0 aliphatic rings. The van der Waals surface area contributed by atoms with Crippen molar-refractivity contribution in [2.45, 2.75) is 10.6 Å². The quantitative estimate of drug-likeness (QED) is 0.246. The lowest BCUT2D eigenvalue weighted by Gasteiger charge is -2.05. The number of aromatic nitrogens is 5. The van der Waals surface area contributed by atoms with Gasteiger partial charge in [-0.05, 0) is 40.6 Å². The van der Waals surface area contributed by atoms with E-state index in [4.69, 9.17) is 5.73 Å². The average Bonchev–Trinajstić information content (AvgIpc) is 3.41. The van der Waals surface area contributed by atoms with Gasteiger partial charge in [0.05, 0.1) is 11.9 Å². The summed E-state index contributed by atoms with van der Waals surface area (Å²) in [6.07, 6.45) is 0.985. The van der Waals surface area contributed by atoms with Crippen molar-refractivity contribution in [3.63, 3.8) is 0 Å². The van der Waals surface area contributed by atoms with Gasteiger partial charge in [-0.15, -0.1) is 16.9 Å². The van der Waals surface area contributed by atoms with E-state index >= 15 is 0 Å². The first kappa shape index (κ1) is 21.1. The van der Waals surface area contributed by atoms with Crippen LogP contribution in [-0.4, -0.2) is 37.4 Å². The maximum absolute atomic E-state index is 13.7. The summed E-state index contributed by atoms with van der Waals surface area (Å²) in [5.74, 6) is -1.74. The Labute approximate surface area is 183 Å². The third kappa shape index (κ3) is 4.62. The molecule has 0 radical (unpaired) electrons. The Morgan fingerprint density at radius 2 is 2.03 bits per heavy atom. The molecule has 10 nitrogen and oxygen atoms in total. The van der Waals surface area contributed by atoms with E-state index in [1.54, 1.807) is 0 Å². The SMILES string of the molecule is Nc1nonc1-n1nnc(C(=O)N/N=C/c2cc(F)ccc2F)c1CSc1ccccc1. The summed E-state index contributed by atoms with van der Waals surface area (Å²) in [7, 11) is 0. The molecular weight excluding hydrogens is 442 g/mol. The smallest absolute Gasteiger partial charge is 0.293 e. The normalized spacial score (nSPS) is 11.2. The lowest BCUT2D eigenvalue weighted by molar-refractivity contribution is 0.0949. The fraction of sp³-hybridized carbons (Fsp3) is 0.0526. The molecule has 0 saturated carbocycles. The Hall–Kier alpha value is -4.13. The van der Waals surface area contributed by atoms with Crippen LogP contribution in [0.4, 0.5) is 14.6 Å². The van der Waals surface area contributed by atoms with Gasteiger partial charge in [-0.2, -0.15) is 9.78 Å². The van der Waals surface area contributed by atoms with Gasteiger partial charge >= 0.3 is 0 Å². The van der Waals surface area contributed by atoms with Crippen LogP contribution in [0.5, 0.6) is 0 Å². The molecule has 0 fully saturated rings. The average molecular weight is 456 g/mol. The zero-order valence-electron chi connectivity index (χ0n) is 16.1. The molecule has 0 atom stereocenters. The Morgan fingerprint density at radius 1 is 1.22 bits per heavy atom. The summed E-state index contributed by atoms with van der Waals surface area (Å²) < 4.78 is 32.8. The number of rotatable bonds is 7. The third-order valence-corrected chi connectivity index (χ3v) is 5.14. The number of nitrogens with two attached hydrogens (primary N) is 1. The van der Waals surface area contributed by atoms with Gasteiger partial charge in [0.1, 0.15) is 11.6 Å². The van der Waals surface area contributed by atoms with E-state index in [2.05, 4.69) is 35.8 Å². The number of amides is 1. The van der Waals surface area contributed by atoms with Crippen molar-refractivity contribution in [2.24, 2.45) is 5.10 Å². The molecule has 2 heterocycles. The van der Waals surface area contributed by atoms with E-state index in [9.17, 15) is 13.6 Å². The number of nitrogens with one attached hydrogen (secondary N) is 1. The van der Waals surface area contributed by atoms with Gasteiger partial charge in [0.2, 0.25) is 11.6 Å². The summed E-state index contributed by atoms with van der Waals surface area (Å²) in [5.41, 5.74) is 8.14. The molecule has 0 saturated heterocycles. The Balaban J connectivity index is 1.58. The highest BCUT2D eigenvalue weighted by Crippen LogP contribution is 2.25. The minimum atomic E-state index is -0.719. The number of thioether (sulfide) groups is 1. The number of carbonyl (C=O) groups excluding carboxylic acids is 1. The Kier molecular flexibility index (Phi) is 6.17. The molecule has 0 spiro atoms. The van der Waals surface area contributed by atoms with Crippen LogP contribution in [0.1, 0.15) is 21.7 Å². The van der Waals surface area contributed by atoms with Crippen molar-refractivity contribution in [3.8, 4) is 5.82 Å². The highest BCUT2D eigenvalue weighted by molar-refractivity contribution is 7.98. The van der Waals surface area contributed by atoms with Crippen LogP contribution < -0.4 is 11.2 Å². The molecule has 4 aromatic rings. The number of hydrazone groups is 1. The third-order valence-electron chi connectivity index (χ3n) is 4.12. The number of halogens is 2. The predicted octanol–water partition coefficient (Wildman–Crippen LogP) is 2.57. The van der Waals surface area contributed by atoms with Gasteiger partial charge in [-0.1, -0.05) is 23.4 Å². The molecule has 1 amide bonds. The minimum absolute atomic E-state index is 0.0348. The second-order valence-corrected chi connectivity index (χ2v) is 7.29. The number of benzene rings is 2. The van der Waals surface area contributed by atoms with E-state index in [0.717, 1.165) is 29.3 Å². The highest BCUT2D eigenvalue weighted by atomic mass is 32.2. The van der Waals surface area contributed by atoms with Crippen molar-refractivity contribution < 1.29 is 18.2 Å². The van der Waals surface area contributed by atoms with E-state index in [1.165, 1.54) is 16.4 Å². The maximum Gasteiger partial charge on any atom is 0.293 e. The lowest BCUT2D eigenvalue weighted by atomic mass is 10.2. The van der Waals surface area contributed by atoms with Crippen LogP contribution in [0, 0.1) is 11.6 Å². The number of anilines is 1. The fourth-order valence-corrected chi connectivity index (χ4v) is 3.52. The summed E-state index contributed by atoms with van der Waals surface area (Å²) in [6.45, 7) is 0. The highest BCUT2D eigenvalue weighted by Gasteiger charge is 2.24. The van der Waals surface area contributed by atoms with E-state index in [0.29, 0.717) is 5.69 Å². The molecule has 3 N–H and O–H groups in total. The lowest BCUT2D eigenvalue weighted by Crippen LogP contribution is -2.20. The maximum atomic E-state index is 13.7. The Bertz CT molecular complexity index is 1280. The van der Waals surface area contributed by atoms with E-state index < -0.39 is 17.5 Å². The molecule has 2 aromatic carbocycles. The zero-order chi connectivity index (χ0) is 22.5. The molecule has 2 aromatic heterocycles. The van der Waals surface area contributed by atoms with E-state index in [-0.39, 0.29) is 28.6 Å². The predicted molar refractivity (Wildman–Crippen MR) is 111 cm³/mol. The molecule has 32 heavy (non-hydrogen) atoms. The molecule has 0 bridgehead atoms. The van der Waals surface area contributed by atoms with Gasteiger partial charge in [0.25, 0.3) is 5.91 Å². The number of hydrogen-bond acceptors (Lipinski definition) is 9. The van der Waals surface area contributed by atoms with Crippen LogP contribution in [0.25, 0.3) is 5.82 Å². The monoisotopic (exact) mass is 456 g/mol. The van der Waals surface area contributed by atoms with Gasteiger partial charge in [-0.25, -0.2) is 18.8 Å². The second-order valence-electron chi connectivity index (χ2n) is 6.24. The number of carbonyl (C=O) groups is 1. The van der Waals surface area contributed by atoms with Gasteiger partial charge < -0.3 is 5.73 Å². The van der Waals surface area contributed by atoms with Crippen molar-refractivity contribution in [1.29, 1.82) is 0 Å². The molecule has 162 valence electrons. The first-order valence-corrected chi connectivity index (χ1v) is 10.0. The first-order chi connectivity index (χ1) is 15.5. The molecular formula is C19H14F2N8O2S. The second kappa shape index (κ2) is 9.34. The fourth-order valence-electron chi connectivity index (χ4n) is 2.61. The minimum Gasteiger partial charge on any atom is -0.378 e. The summed E-state index contributed by atoms with van der Waals surface area (Å²) in [4.78, 5) is 13.6. The van der Waals surface area contributed by atoms with Crippen molar-refractivity contribution in [2.75, 3.05) is 5.73 Å². The van der Waals surface area contributed by atoms with Crippen molar-refractivity contribution in [1.82, 2.24) is 30.7 Å². The number of hydrogen-bond donors (Lipinski definition) is 2. The topological polar surface area (TPSA) is 137 Å². The number of nitrogens with zero attached hydrogens (tertiary/aromatic N) is 6. The van der Waals surface area contributed by atoms with Crippen molar-refractivity contribution in [3.05, 3.63) is 77.1 Å². The zero-order valence-corrected chi connectivity index (χ0v) is 17.0. The van der Waals surface area contributed by atoms with Gasteiger partial charge in [-0.3, -0.25) is 4.79 Å². The summed E-state index contributed by atoms with van der Waals surface area (Å²) in [5, 5.41) is 18.7. The largest absolute Gasteiger partial charge is 0.378 e. The number of nitrogen functional groups attached to an aromatic ring is 1. The van der Waals surface area contributed by atoms with Crippen LogP contribution in [0.2, 0.25) is 0 Å². The van der Waals surface area contributed by atoms with Crippen LogP contribution in [0.3, 0.4) is 0 Å². The van der Waals surface area contributed by atoms with Crippen LogP contribution in [-0.2, 0) is 5.75 Å². The molecule has 0 aliphatic carbocycles. The first-order valence-electron chi connectivity index (χ1n) is 9.02. The molecule has 0 aliphatic heterocycles. The van der Waals surface area contributed by atoms with Gasteiger partial charge in [0, 0.05) is 16.2 Å². The summed E-state index contributed by atoms with van der Waals surface area (Å²) >= 11 is 1.42. The Morgan fingerprint density at radius 3 is 2.78 bits per heavy atom. The molecule has 0 unspecified atom stereocenters. The summed E-state index contributed by atoms with van der Waals surface area (Å²) in [6, 6.07) is 12.3. The standard InChI is InChI=1S/C19H14F2N8O2S/c20-12-6-7-14(21)11(8-12)9-23-25-19(30)16-15(10-32-13-4-2-1-3-5-13)29(28-24-16)18-17(22)26-31-27-18/h1-9H,10H2,(H2,22,26)(H,25,30)/b23-9+. The van der Waals surface area contributed by atoms with E-state index in [1.807, 2.05) is 30.3 Å². The van der Waals surface area contributed by atoms with Gasteiger partial charge in [0.15, 0.2) is 5.69 Å². The molecule has 13 heteroatoms.